The lowest BCUT2D eigenvalue weighted by Gasteiger charge is -2.11. The van der Waals surface area contributed by atoms with Crippen LogP contribution in [0.5, 0.6) is 0 Å². The van der Waals surface area contributed by atoms with Gasteiger partial charge in [0.2, 0.25) is 0 Å². The van der Waals surface area contributed by atoms with Gasteiger partial charge < -0.3 is 9.47 Å². The largest absolute Gasteiger partial charge is 0.461 e. The molecule has 38 heavy (non-hydrogen) atoms. The summed E-state index contributed by atoms with van der Waals surface area (Å²) in [5, 5.41) is 0.796. The monoisotopic (exact) mass is 630 g/mol. The number of carbonyl (C=O) groups is 2. The molecule has 2 saturated heterocycles. The molecule has 2 heterocycles. The number of hydrogen-bond acceptors (Lipinski definition) is 10. The van der Waals surface area contributed by atoms with Gasteiger partial charge in [0.25, 0.3) is 0 Å². The number of rotatable bonds is 16. The summed E-state index contributed by atoms with van der Waals surface area (Å²) >= 11 is 11.9. The highest BCUT2D eigenvalue weighted by molar-refractivity contribution is 8.21. The molecule has 0 saturated carbocycles. The summed E-state index contributed by atoms with van der Waals surface area (Å²) < 4.78 is 11.8. The Bertz CT molecular complexity index is 863. The van der Waals surface area contributed by atoms with E-state index in [4.69, 9.17) is 9.47 Å². The van der Waals surface area contributed by atoms with Crippen molar-refractivity contribution in [3.63, 3.8) is 0 Å². The average molecular weight is 631 g/mol. The molecule has 210 valence electrons. The Balaban J connectivity index is 1.20. The molecule has 0 aromatic heterocycles. The zero-order valence-corrected chi connectivity index (χ0v) is 27.1. The minimum Gasteiger partial charge on any atom is -0.461 e. The second-order valence-corrected chi connectivity index (χ2v) is 17.6. The van der Waals surface area contributed by atoms with Gasteiger partial charge in [-0.05, 0) is 49.3 Å². The Morgan fingerprint density at radius 2 is 1.18 bits per heavy atom. The van der Waals surface area contributed by atoms with E-state index in [0.717, 1.165) is 34.5 Å². The molecule has 4 atom stereocenters. The number of benzene rings is 1. The van der Waals surface area contributed by atoms with Gasteiger partial charge in [0.1, 0.15) is 13.2 Å². The van der Waals surface area contributed by atoms with Gasteiger partial charge in [-0.3, -0.25) is 0 Å². The van der Waals surface area contributed by atoms with Crippen LogP contribution in [0.15, 0.2) is 48.6 Å². The molecular formula is C28H38O4S6. The number of ether oxygens (including phenoxy) is 2. The number of hydrogen-bond donors (Lipinski definition) is 0. The predicted octanol–water partition coefficient (Wildman–Crippen LogP) is 7.52. The van der Waals surface area contributed by atoms with Crippen molar-refractivity contribution in [1.82, 2.24) is 0 Å². The Labute approximate surface area is 253 Å². The van der Waals surface area contributed by atoms with Crippen molar-refractivity contribution in [2.75, 3.05) is 36.2 Å². The lowest BCUT2D eigenvalue weighted by Crippen LogP contribution is -2.16. The van der Waals surface area contributed by atoms with Crippen molar-refractivity contribution < 1.29 is 19.1 Å². The Kier molecular flexibility index (Phi) is 14.9. The van der Waals surface area contributed by atoms with E-state index in [9.17, 15) is 9.59 Å². The van der Waals surface area contributed by atoms with Crippen LogP contribution < -0.4 is 0 Å². The van der Waals surface area contributed by atoms with Gasteiger partial charge in [0, 0.05) is 44.7 Å². The molecule has 4 nitrogen and oxygen atoms in total. The molecular weight excluding hydrogens is 593 g/mol. The molecule has 0 amide bonds. The van der Waals surface area contributed by atoms with E-state index in [1.54, 1.807) is 13.8 Å². The van der Waals surface area contributed by atoms with Crippen LogP contribution in [-0.2, 0) is 30.6 Å². The topological polar surface area (TPSA) is 52.6 Å². The summed E-state index contributed by atoms with van der Waals surface area (Å²) in [5.74, 6) is 5.93. The van der Waals surface area contributed by atoms with Crippen molar-refractivity contribution >= 4 is 82.5 Å². The van der Waals surface area contributed by atoms with Crippen molar-refractivity contribution in [3.8, 4) is 0 Å². The zero-order chi connectivity index (χ0) is 27.3. The lowest BCUT2D eigenvalue weighted by molar-refractivity contribution is -0.139. The molecule has 1 aromatic rings. The fraction of sp³-hybridized carbons (Fsp3) is 0.571. The Morgan fingerprint density at radius 1 is 0.789 bits per heavy atom. The van der Waals surface area contributed by atoms with Crippen molar-refractivity contribution in [3.05, 3.63) is 59.7 Å². The summed E-state index contributed by atoms with van der Waals surface area (Å²) in [6.07, 6.45) is 2.36. The van der Waals surface area contributed by atoms with Crippen molar-refractivity contribution in [1.29, 1.82) is 0 Å². The first-order valence-electron chi connectivity index (χ1n) is 12.7. The van der Waals surface area contributed by atoms with Gasteiger partial charge in [0.15, 0.2) is 0 Å². The number of thioether (sulfide) groups is 6. The standard InChI is InChI=1S/C28H38O4S6/c1-19(2)27(29)31-13-23-17-35-25(37-23)9-11-33-15-21-5-7-22(8-6-21)16-34-12-10-26-36-18-24(38-26)14-32-28(30)20(3)4/h5-8,23-26H,1,3,9-18H2,2,4H3. The molecule has 10 heteroatoms. The van der Waals surface area contributed by atoms with Crippen LogP contribution in [-0.4, -0.2) is 67.8 Å². The molecule has 1 aromatic carbocycles. The van der Waals surface area contributed by atoms with Crippen LogP contribution in [0.2, 0.25) is 0 Å². The highest BCUT2D eigenvalue weighted by atomic mass is 32.2. The first kappa shape index (κ1) is 32.3. The maximum Gasteiger partial charge on any atom is 0.333 e. The highest BCUT2D eigenvalue weighted by Gasteiger charge is 2.27. The first-order valence-corrected chi connectivity index (χ1v) is 19.0. The molecule has 2 fully saturated rings. The fourth-order valence-corrected chi connectivity index (χ4v) is 12.5. The van der Waals surface area contributed by atoms with E-state index in [-0.39, 0.29) is 11.9 Å². The highest BCUT2D eigenvalue weighted by Crippen LogP contribution is 2.41. The fourth-order valence-electron chi connectivity index (χ4n) is 3.55. The molecule has 4 unspecified atom stereocenters. The molecule has 0 radical (unpaired) electrons. The molecule has 0 spiro atoms. The van der Waals surface area contributed by atoms with Crippen LogP contribution in [0, 0.1) is 0 Å². The Hall–Kier alpha value is -0.260. The van der Waals surface area contributed by atoms with Crippen LogP contribution in [0.4, 0.5) is 0 Å². The summed E-state index contributed by atoms with van der Waals surface area (Å²) in [4.78, 5) is 23.1. The molecule has 0 bridgehead atoms. The van der Waals surface area contributed by atoms with E-state index in [1.165, 1.54) is 24.0 Å². The quantitative estimate of drug-likeness (QED) is 0.104. The SMILES string of the molecule is C=C(C)C(=O)OCC1CSC(CCSCc2ccc(CSCCC3SCC(COC(=O)C(=C)C)S3)cc2)S1. The van der Waals surface area contributed by atoms with Crippen molar-refractivity contribution in [2.24, 2.45) is 0 Å². The van der Waals surface area contributed by atoms with Gasteiger partial charge in [0.05, 0.1) is 9.16 Å². The summed E-state index contributed by atoms with van der Waals surface area (Å²) in [5.41, 5.74) is 3.71. The summed E-state index contributed by atoms with van der Waals surface area (Å²) in [6.45, 7) is 11.6. The van der Waals surface area contributed by atoms with Gasteiger partial charge in [-0.25, -0.2) is 9.59 Å². The maximum absolute atomic E-state index is 11.6. The lowest BCUT2D eigenvalue weighted by atomic mass is 10.2. The first-order chi connectivity index (χ1) is 18.3. The average Bonchev–Trinajstić information content (AvgIpc) is 3.56. The number of carbonyl (C=O) groups excluding carboxylic acids is 2. The van der Waals surface area contributed by atoms with E-state index >= 15 is 0 Å². The van der Waals surface area contributed by atoms with E-state index in [2.05, 4.69) is 37.4 Å². The van der Waals surface area contributed by atoms with Gasteiger partial charge in [-0.15, -0.1) is 47.0 Å². The molecule has 0 N–H and O–H groups in total. The van der Waals surface area contributed by atoms with Gasteiger partial charge >= 0.3 is 11.9 Å². The third kappa shape index (κ3) is 12.1. The van der Waals surface area contributed by atoms with Crippen LogP contribution in [0.1, 0.15) is 37.8 Å². The zero-order valence-electron chi connectivity index (χ0n) is 22.2. The van der Waals surface area contributed by atoms with Gasteiger partial charge in [-0.2, -0.15) is 23.5 Å². The smallest absolute Gasteiger partial charge is 0.333 e. The molecule has 0 aliphatic carbocycles. The van der Waals surface area contributed by atoms with Gasteiger partial charge in [-0.1, -0.05) is 37.4 Å². The van der Waals surface area contributed by atoms with Crippen LogP contribution in [0.25, 0.3) is 0 Å². The second-order valence-electron chi connectivity index (χ2n) is 9.30. The number of esters is 2. The summed E-state index contributed by atoms with van der Waals surface area (Å²) in [7, 11) is 0. The minimum absolute atomic E-state index is 0.281. The van der Waals surface area contributed by atoms with Crippen LogP contribution >= 0.6 is 70.6 Å². The summed E-state index contributed by atoms with van der Waals surface area (Å²) in [6, 6.07) is 9.09. The molecule has 2 aliphatic heterocycles. The molecule has 2 aliphatic rings. The van der Waals surface area contributed by atoms with E-state index in [0.29, 0.717) is 44.0 Å². The third-order valence-electron chi connectivity index (χ3n) is 5.68. The Morgan fingerprint density at radius 3 is 1.55 bits per heavy atom. The van der Waals surface area contributed by atoms with Crippen LogP contribution in [0.3, 0.4) is 0 Å². The van der Waals surface area contributed by atoms with E-state index in [1.807, 2.05) is 70.6 Å². The third-order valence-corrected chi connectivity index (χ3v) is 14.6. The van der Waals surface area contributed by atoms with Crippen molar-refractivity contribution in [2.45, 2.75) is 57.9 Å². The predicted molar refractivity (Wildman–Crippen MR) is 175 cm³/mol. The second kappa shape index (κ2) is 17.5. The minimum atomic E-state index is -0.281. The maximum atomic E-state index is 11.6. The normalized spacial score (nSPS) is 22.8. The molecule has 3 rings (SSSR count). The van der Waals surface area contributed by atoms with E-state index < -0.39 is 0 Å².